The number of phenolic OH excluding ortho intramolecular Hbond substituents is 1. The lowest BCUT2D eigenvalue weighted by Crippen LogP contribution is -2.59. The van der Waals surface area contributed by atoms with Gasteiger partial charge in [-0.1, -0.05) is 6.08 Å². The van der Waals surface area contributed by atoms with Crippen LogP contribution in [-0.4, -0.2) is 109 Å². The first-order chi connectivity index (χ1) is 19.2. The Hall–Kier alpha value is -3.20. The summed E-state index contributed by atoms with van der Waals surface area (Å²) in [4.78, 5) is 24.7. The number of carbonyl (C=O) groups excluding carboxylic acids is 2. The van der Waals surface area contributed by atoms with Gasteiger partial charge in [-0.2, -0.15) is 0 Å². The molecule has 220 valence electrons. The molecule has 13 heteroatoms. The molecule has 2 saturated heterocycles. The number of carbonyl (C=O) groups is 2. The smallest absolute Gasteiger partial charge is 0.330 e. The van der Waals surface area contributed by atoms with E-state index in [0.29, 0.717) is 12.0 Å². The number of rotatable bonds is 10. The topological polar surface area (TPSA) is 191 Å². The summed E-state index contributed by atoms with van der Waals surface area (Å²) in [5.41, 5.74) is 1.27. The number of esters is 2. The van der Waals surface area contributed by atoms with Crippen LogP contribution in [0.3, 0.4) is 0 Å². The molecular weight excluding hydrogens is 532 g/mol. The third kappa shape index (κ3) is 6.24. The summed E-state index contributed by atoms with van der Waals surface area (Å²) in [5, 5.41) is 50.7. The number of aromatic hydroxyl groups is 1. The fourth-order valence-corrected chi connectivity index (χ4v) is 5.16. The van der Waals surface area contributed by atoms with Crippen molar-refractivity contribution in [2.24, 2.45) is 17.8 Å². The Morgan fingerprint density at radius 2 is 1.77 bits per heavy atom. The first-order valence-electron chi connectivity index (χ1n) is 12.8. The van der Waals surface area contributed by atoms with Gasteiger partial charge in [0, 0.05) is 12.0 Å². The van der Waals surface area contributed by atoms with E-state index >= 15 is 0 Å². The second-order valence-corrected chi connectivity index (χ2v) is 9.77. The van der Waals surface area contributed by atoms with Gasteiger partial charge in [0.2, 0.25) is 5.75 Å². The molecule has 1 aromatic rings. The van der Waals surface area contributed by atoms with E-state index in [9.17, 15) is 35.1 Å². The van der Waals surface area contributed by atoms with Gasteiger partial charge < -0.3 is 54.0 Å². The van der Waals surface area contributed by atoms with Crippen LogP contribution in [0.1, 0.15) is 12.0 Å². The minimum absolute atomic E-state index is 0.120. The van der Waals surface area contributed by atoms with E-state index in [1.165, 1.54) is 32.4 Å². The maximum Gasteiger partial charge on any atom is 0.330 e. The molecule has 8 atom stereocenters. The Bertz CT molecular complexity index is 1110. The van der Waals surface area contributed by atoms with Gasteiger partial charge in [0.05, 0.1) is 40.0 Å². The van der Waals surface area contributed by atoms with Crippen molar-refractivity contribution in [2.75, 3.05) is 40.6 Å². The average molecular weight is 567 g/mol. The van der Waals surface area contributed by atoms with Crippen molar-refractivity contribution in [3.8, 4) is 17.2 Å². The number of hydrogen-bond donors (Lipinski definition) is 5. The minimum Gasteiger partial charge on any atom is -0.502 e. The van der Waals surface area contributed by atoms with Crippen molar-refractivity contribution in [1.29, 1.82) is 0 Å². The third-order valence-electron chi connectivity index (χ3n) is 7.47. The van der Waals surface area contributed by atoms with Crippen molar-refractivity contribution < 1.29 is 63.5 Å². The molecule has 1 aromatic carbocycles. The summed E-state index contributed by atoms with van der Waals surface area (Å²) in [6, 6.07) is 2.96. The van der Waals surface area contributed by atoms with Crippen LogP contribution < -0.4 is 9.47 Å². The van der Waals surface area contributed by atoms with Gasteiger partial charge in [-0.3, -0.25) is 4.79 Å². The highest BCUT2D eigenvalue weighted by Crippen LogP contribution is 2.41. The van der Waals surface area contributed by atoms with E-state index in [1.54, 1.807) is 0 Å². The summed E-state index contributed by atoms with van der Waals surface area (Å²) in [6.45, 7) is -0.620. The standard InChI is InChI=1S/C27H34O13/c1-35-18-7-13(8-19(36-2)22(18)30)3-6-21(29)37-12-20-23(31)24(32)25(33)27(40-20)39-11-17-15-5-4-14(9-28)16(15)10-38-26(17)34/h3-4,6-8,15-17,20,23-25,27-28,30-33H,5,9-12H2,1-2H3/t15-,16-,17-,20-,23+,24-,25+,27-/m0/s1. The number of ether oxygens (including phenoxy) is 6. The molecule has 3 aliphatic rings. The van der Waals surface area contributed by atoms with Crippen molar-refractivity contribution in [1.82, 2.24) is 0 Å². The van der Waals surface area contributed by atoms with Crippen molar-refractivity contribution in [3.63, 3.8) is 0 Å². The lowest BCUT2D eigenvalue weighted by molar-refractivity contribution is -0.304. The largest absolute Gasteiger partial charge is 0.502 e. The number of aliphatic hydroxyl groups excluding tert-OH is 4. The Morgan fingerprint density at radius 1 is 1.07 bits per heavy atom. The molecular formula is C27H34O13. The van der Waals surface area contributed by atoms with E-state index in [4.69, 9.17) is 28.4 Å². The molecule has 0 radical (unpaired) electrons. The molecule has 5 N–H and O–H groups in total. The van der Waals surface area contributed by atoms with Crippen LogP contribution in [0.5, 0.6) is 17.2 Å². The highest BCUT2D eigenvalue weighted by molar-refractivity contribution is 5.87. The van der Waals surface area contributed by atoms with E-state index in [0.717, 1.165) is 11.6 Å². The molecule has 2 heterocycles. The van der Waals surface area contributed by atoms with Crippen LogP contribution >= 0.6 is 0 Å². The summed E-state index contributed by atoms with van der Waals surface area (Å²) < 4.78 is 31.8. The maximum absolute atomic E-state index is 12.4. The van der Waals surface area contributed by atoms with E-state index in [-0.39, 0.29) is 48.9 Å². The molecule has 4 rings (SSSR count). The van der Waals surface area contributed by atoms with Crippen LogP contribution in [0.25, 0.3) is 6.08 Å². The molecule has 0 aromatic heterocycles. The molecule has 0 bridgehead atoms. The molecule has 2 fully saturated rings. The van der Waals surface area contributed by atoms with Crippen molar-refractivity contribution >= 4 is 18.0 Å². The Balaban J connectivity index is 1.34. The summed E-state index contributed by atoms with van der Waals surface area (Å²) in [7, 11) is 2.73. The van der Waals surface area contributed by atoms with Crippen LogP contribution in [0.15, 0.2) is 29.9 Å². The van der Waals surface area contributed by atoms with E-state index < -0.39 is 55.2 Å². The second-order valence-electron chi connectivity index (χ2n) is 9.77. The highest BCUT2D eigenvalue weighted by Gasteiger charge is 2.47. The van der Waals surface area contributed by atoms with Crippen molar-refractivity contribution in [3.05, 3.63) is 35.4 Å². The van der Waals surface area contributed by atoms with Crippen LogP contribution in [-0.2, 0) is 28.5 Å². The highest BCUT2D eigenvalue weighted by atomic mass is 16.7. The van der Waals surface area contributed by atoms with Gasteiger partial charge in [-0.25, -0.2) is 4.79 Å². The third-order valence-corrected chi connectivity index (χ3v) is 7.47. The van der Waals surface area contributed by atoms with Crippen LogP contribution in [0.4, 0.5) is 0 Å². The average Bonchev–Trinajstić information content (AvgIpc) is 3.38. The SMILES string of the molecule is COc1cc(C=CC(=O)OC[C@@H]2O[C@H](OC[C@@H]3C(=O)OC[C@H]4C(CO)=CC[C@H]34)[C@H](O)[C@@H](O)[C@@H]2O)cc(OC)c1O. The Labute approximate surface area is 230 Å². The number of methoxy groups -OCH3 is 2. The number of benzene rings is 1. The molecule has 0 amide bonds. The van der Waals surface area contributed by atoms with Gasteiger partial charge in [-0.05, 0) is 41.7 Å². The lowest BCUT2D eigenvalue weighted by atomic mass is 9.80. The quantitative estimate of drug-likeness (QED) is 0.139. The first-order valence-corrected chi connectivity index (χ1v) is 12.8. The number of allylic oxidation sites excluding steroid dienone is 1. The predicted octanol–water partition coefficient (Wildman–Crippen LogP) is -0.482. The molecule has 1 aliphatic carbocycles. The molecule has 0 saturated carbocycles. The van der Waals surface area contributed by atoms with Crippen LogP contribution in [0, 0.1) is 17.8 Å². The fourth-order valence-electron chi connectivity index (χ4n) is 5.16. The number of phenols is 1. The van der Waals surface area contributed by atoms with Crippen molar-refractivity contribution in [2.45, 2.75) is 37.1 Å². The molecule has 40 heavy (non-hydrogen) atoms. The number of cyclic esters (lactones) is 1. The monoisotopic (exact) mass is 566 g/mol. The zero-order valence-corrected chi connectivity index (χ0v) is 22.0. The fraction of sp³-hybridized carbons (Fsp3) is 0.556. The molecule has 0 unspecified atom stereocenters. The lowest BCUT2D eigenvalue weighted by Gasteiger charge is -2.41. The maximum atomic E-state index is 12.4. The van der Waals surface area contributed by atoms with Gasteiger partial charge in [0.25, 0.3) is 0 Å². The van der Waals surface area contributed by atoms with Gasteiger partial charge in [0.15, 0.2) is 17.8 Å². The Morgan fingerprint density at radius 3 is 2.42 bits per heavy atom. The second kappa shape index (κ2) is 13.0. The minimum atomic E-state index is -1.67. The first kappa shape index (κ1) is 29.8. The number of aliphatic hydroxyl groups is 4. The summed E-state index contributed by atoms with van der Waals surface area (Å²) in [6.07, 6.45) is -2.62. The van der Waals surface area contributed by atoms with Crippen LogP contribution in [0.2, 0.25) is 0 Å². The van der Waals surface area contributed by atoms with E-state index in [1.807, 2.05) is 6.08 Å². The number of fused-ring (bicyclic) bond motifs is 1. The van der Waals surface area contributed by atoms with Gasteiger partial charge in [-0.15, -0.1) is 0 Å². The molecule has 13 nitrogen and oxygen atoms in total. The molecule has 2 aliphatic heterocycles. The zero-order chi connectivity index (χ0) is 29.0. The Kier molecular flexibility index (Phi) is 9.66. The van der Waals surface area contributed by atoms with Gasteiger partial charge in [0.1, 0.15) is 31.0 Å². The normalized spacial score (nSPS) is 31.9. The molecule has 0 spiro atoms. The van der Waals surface area contributed by atoms with Gasteiger partial charge >= 0.3 is 11.9 Å². The zero-order valence-electron chi connectivity index (χ0n) is 22.0. The summed E-state index contributed by atoms with van der Waals surface area (Å²) >= 11 is 0. The van der Waals surface area contributed by atoms with E-state index in [2.05, 4.69) is 0 Å². The summed E-state index contributed by atoms with van der Waals surface area (Å²) in [5.74, 6) is -2.13. The predicted molar refractivity (Wildman–Crippen MR) is 135 cm³/mol. The number of hydrogen-bond acceptors (Lipinski definition) is 13.